The summed E-state index contributed by atoms with van der Waals surface area (Å²) in [5.74, 6) is 0.651. The van der Waals surface area contributed by atoms with Crippen LogP contribution in [0, 0.1) is 12.3 Å². The van der Waals surface area contributed by atoms with Crippen LogP contribution in [0.1, 0.15) is 41.9 Å². The summed E-state index contributed by atoms with van der Waals surface area (Å²) in [5.41, 5.74) is 10.6. The first-order chi connectivity index (χ1) is 12.7. The Morgan fingerprint density at radius 3 is 2.81 bits per heavy atom. The van der Waals surface area contributed by atoms with Crippen molar-refractivity contribution in [3.8, 4) is 5.69 Å². The first-order valence-corrected chi connectivity index (χ1v) is 9.40. The third-order valence-electron chi connectivity index (χ3n) is 5.27. The maximum absolute atomic E-state index is 12.7. The topological polar surface area (TPSA) is 65.8 Å². The number of nitrogens with two attached hydrogens (primary N) is 1. The number of aryl methyl sites for hydroxylation is 1. The third-order valence-corrected chi connectivity index (χ3v) is 5.57. The zero-order valence-electron chi connectivity index (χ0n) is 15.8. The predicted molar refractivity (Wildman–Crippen MR) is 110 cm³/mol. The summed E-state index contributed by atoms with van der Waals surface area (Å²) in [7, 11) is 0. The summed E-state index contributed by atoms with van der Waals surface area (Å²) in [6.45, 7) is 10.6. The van der Waals surface area contributed by atoms with E-state index in [-0.39, 0.29) is 11.2 Å². The van der Waals surface area contributed by atoms with Gasteiger partial charge in [-0.2, -0.15) is 5.10 Å². The van der Waals surface area contributed by atoms with E-state index in [0.717, 1.165) is 39.8 Å². The van der Waals surface area contributed by atoms with Crippen molar-refractivity contribution < 1.29 is 4.79 Å². The Hall–Kier alpha value is -2.53. The van der Waals surface area contributed by atoms with Gasteiger partial charge in [-0.1, -0.05) is 31.5 Å². The molecule has 2 aromatic heterocycles. The molecule has 0 bridgehead atoms. The van der Waals surface area contributed by atoms with E-state index < -0.39 is 0 Å². The molecule has 0 amide bonds. The monoisotopic (exact) mass is 382 g/mol. The molecular formula is C21H23ClN4O. The molecule has 1 aliphatic carbocycles. The van der Waals surface area contributed by atoms with Crippen LogP contribution >= 0.6 is 11.6 Å². The summed E-state index contributed by atoms with van der Waals surface area (Å²) in [6.07, 6.45) is 5.18. The number of benzene rings is 1. The molecule has 0 saturated heterocycles. The zero-order valence-corrected chi connectivity index (χ0v) is 16.6. The number of Topliss-reactive ketones (excluding diaryl/α,β-unsaturated/α-hetero) is 1. The van der Waals surface area contributed by atoms with E-state index in [1.54, 1.807) is 6.08 Å². The Morgan fingerprint density at radius 1 is 1.37 bits per heavy atom. The summed E-state index contributed by atoms with van der Waals surface area (Å²) in [6, 6.07) is 3.85. The minimum absolute atomic E-state index is 0.0712. The van der Waals surface area contributed by atoms with Crippen LogP contribution in [-0.4, -0.2) is 20.1 Å². The van der Waals surface area contributed by atoms with Crippen molar-refractivity contribution in [1.82, 2.24) is 14.3 Å². The summed E-state index contributed by atoms with van der Waals surface area (Å²) in [5, 5.41) is 5.79. The number of carbonyl (C=O) groups is 1. The number of aromatic nitrogens is 3. The van der Waals surface area contributed by atoms with Crippen molar-refractivity contribution >= 4 is 34.1 Å². The molecule has 0 saturated carbocycles. The van der Waals surface area contributed by atoms with E-state index in [1.165, 1.54) is 0 Å². The van der Waals surface area contributed by atoms with E-state index in [4.69, 9.17) is 17.3 Å². The molecular weight excluding hydrogens is 360 g/mol. The molecule has 140 valence electrons. The number of carbonyl (C=O) groups excluding carboxylic acids is 1. The molecule has 6 heteroatoms. The first kappa shape index (κ1) is 17.9. The van der Waals surface area contributed by atoms with Gasteiger partial charge in [-0.05, 0) is 36.5 Å². The molecule has 0 fully saturated rings. The molecule has 2 N–H and O–H groups in total. The van der Waals surface area contributed by atoms with Crippen LogP contribution in [0.15, 0.2) is 31.0 Å². The number of nitrogen functional groups attached to an aromatic ring is 1. The van der Waals surface area contributed by atoms with Gasteiger partial charge < -0.3 is 10.3 Å². The summed E-state index contributed by atoms with van der Waals surface area (Å²) < 4.78 is 3.88. The second kappa shape index (κ2) is 5.99. The third kappa shape index (κ3) is 2.77. The van der Waals surface area contributed by atoms with Gasteiger partial charge in [-0.25, -0.2) is 0 Å². The molecule has 0 radical (unpaired) electrons. The molecule has 2 heterocycles. The lowest BCUT2D eigenvalue weighted by Gasteiger charge is -2.30. The lowest BCUT2D eigenvalue weighted by atomic mass is 9.75. The Kier molecular flexibility index (Phi) is 3.96. The highest BCUT2D eigenvalue weighted by molar-refractivity contribution is 6.33. The van der Waals surface area contributed by atoms with E-state index in [0.29, 0.717) is 23.8 Å². The molecule has 1 aliphatic rings. The normalized spacial score (nSPS) is 15.9. The molecule has 1 aromatic carbocycles. The van der Waals surface area contributed by atoms with Crippen LogP contribution in [-0.2, 0) is 13.0 Å². The molecule has 5 nitrogen and oxygen atoms in total. The van der Waals surface area contributed by atoms with Gasteiger partial charge in [0.2, 0.25) is 0 Å². The van der Waals surface area contributed by atoms with Crippen molar-refractivity contribution in [3.05, 3.63) is 52.8 Å². The van der Waals surface area contributed by atoms with Crippen molar-refractivity contribution in [2.75, 3.05) is 5.73 Å². The smallest absolute Gasteiger partial charge is 0.165 e. The molecule has 0 spiro atoms. The van der Waals surface area contributed by atoms with Gasteiger partial charge >= 0.3 is 0 Å². The quantitative estimate of drug-likeness (QED) is 0.667. The fraction of sp³-hybridized carbons (Fsp3) is 0.333. The number of halogens is 1. The van der Waals surface area contributed by atoms with Crippen molar-refractivity contribution in [2.24, 2.45) is 5.41 Å². The number of anilines is 1. The number of rotatable bonds is 3. The van der Waals surface area contributed by atoms with Gasteiger partial charge in [0.1, 0.15) is 0 Å². The van der Waals surface area contributed by atoms with Crippen LogP contribution in [0.25, 0.3) is 16.6 Å². The number of hydrogen-bond donors (Lipinski definition) is 1. The van der Waals surface area contributed by atoms with Crippen LogP contribution in [0.5, 0.6) is 0 Å². The van der Waals surface area contributed by atoms with E-state index in [1.807, 2.05) is 29.9 Å². The molecule has 4 rings (SSSR count). The van der Waals surface area contributed by atoms with Gasteiger partial charge in [0.05, 0.1) is 22.8 Å². The fourth-order valence-electron chi connectivity index (χ4n) is 4.15. The van der Waals surface area contributed by atoms with Crippen LogP contribution in [0.3, 0.4) is 0 Å². The Morgan fingerprint density at radius 2 is 2.11 bits per heavy atom. The Labute approximate surface area is 163 Å². The number of hydrogen-bond acceptors (Lipinski definition) is 3. The Bertz CT molecular complexity index is 1100. The minimum Gasteiger partial charge on any atom is -0.382 e. The number of nitrogens with zero attached hydrogens (tertiary/aromatic N) is 3. The lowest BCUT2D eigenvalue weighted by molar-refractivity contribution is 0.0910. The average molecular weight is 383 g/mol. The van der Waals surface area contributed by atoms with Gasteiger partial charge in [-0.15, -0.1) is 6.58 Å². The highest BCUT2D eigenvalue weighted by atomic mass is 35.5. The van der Waals surface area contributed by atoms with Gasteiger partial charge in [0, 0.05) is 29.3 Å². The van der Waals surface area contributed by atoms with Crippen molar-refractivity contribution in [3.63, 3.8) is 0 Å². The average Bonchev–Trinajstić information content (AvgIpc) is 3.04. The largest absolute Gasteiger partial charge is 0.382 e. The van der Waals surface area contributed by atoms with Gasteiger partial charge in [-0.3, -0.25) is 9.48 Å². The second-order valence-electron chi connectivity index (χ2n) is 8.12. The number of fused-ring (bicyclic) bond motifs is 2. The number of ketones is 1. The first-order valence-electron chi connectivity index (χ1n) is 9.02. The molecule has 0 atom stereocenters. The molecule has 3 aromatic rings. The van der Waals surface area contributed by atoms with Crippen LogP contribution < -0.4 is 5.73 Å². The highest BCUT2D eigenvalue weighted by Crippen LogP contribution is 2.40. The maximum atomic E-state index is 12.7. The van der Waals surface area contributed by atoms with Gasteiger partial charge in [0.25, 0.3) is 0 Å². The van der Waals surface area contributed by atoms with Crippen LogP contribution in [0.4, 0.5) is 5.82 Å². The predicted octanol–water partition coefficient (Wildman–Crippen LogP) is 4.71. The van der Waals surface area contributed by atoms with E-state index in [2.05, 4.69) is 30.1 Å². The summed E-state index contributed by atoms with van der Waals surface area (Å²) in [4.78, 5) is 12.7. The molecule has 0 aliphatic heterocycles. The minimum atomic E-state index is -0.0712. The van der Waals surface area contributed by atoms with Gasteiger partial charge in [0.15, 0.2) is 11.6 Å². The zero-order chi connectivity index (χ0) is 19.5. The lowest BCUT2D eigenvalue weighted by Crippen LogP contribution is -2.28. The second-order valence-corrected chi connectivity index (χ2v) is 8.53. The van der Waals surface area contributed by atoms with E-state index >= 15 is 0 Å². The molecule has 27 heavy (non-hydrogen) atoms. The fourth-order valence-corrected chi connectivity index (χ4v) is 4.40. The highest BCUT2D eigenvalue weighted by Gasteiger charge is 2.35. The van der Waals surface area contributed by atoms with Crippen molar-refractivity contribution in [1.29, 1.82) is 0 Å². The van der Waals surface area contributed by atoms with E-state index in [9.17, 15) is 4.79 Å². The van der Waals surface area contributed by atoms with Crippen molar-refractivity contribution in [2.45, 2.75) is 40.2 Å². The SMILES string of the molecule is C=CCn1nc(N)c2cc(Cl)c(-n3cc(C)c4c3CC(C)(C)CC4=O)cc21. The maximum Gasteiger partial charge on any atom is 0.165 e. The van der Waals surface area contributed by atoms with Crippen LogP contribution in [0.2, 0.25) is 5.02 Å². The number of allylic oxidation sites excluding steroid dienone is 1. The standard InChI is InChI=1S/C21H23ClN4O/c1-5-6-26-15-8-16(14(22)7-13(15)20(23)24-26)25-11-12(2)19-17(25)9-21(3,4)10-18(19)27/h5,7-8,11H,1,6,9-10H2,2-4H3,(H2,23,24). The summed E-state index contributed by atoms with van der Waals surface area (Å²) >= 11 is 6.64. The molecule has 0 unspecified atom stereocenters. The Balaban J connectivity index is 1.97.